The molecule has 2 aromatic rings. The molecule has 2 aromatic heterocycles. The minimum absolute atomic E-state index is 0.0432. The number of hydrogen-bond acceptors (Lipinski definition) is 4. The highest BCUT2D eigenvalue weighted by Gasteiger charge is 2.17. The molecule has 0 aromatic carbocycles. The first kappa shape index (κ1) is 13.8. The fraction of sp³-hybridized carbons (Fsp3) is 0.500. The number of nitrogens with two attached hydrogens (primary N) is 1. The monoisotopic (exact) mass is 262 g/mol. The predicted octanol–water partition coefficient (Wildman–Crippen LogP) is 2.20. The van der Waals surface area contributed by atoms with Gasteiger partial charge in [0.1, 0.15) is 17.3 Å². The average Bonchev–Trinajstić information content (AvgIpc) is 3.05. The van der Waals surface area contributed by atoms with Crippen LogP contribution in [-0.2, 0) is 19.4 Å². The van der Waals surface area contributed by atoms with Crippen LogP contribution in [-0.4, -0.2) is 9.55 Å². The van der Waals surface area contributed by atoms with Gasteiger partial charge in [0.2, 0.25) is 0 Å². The van der Waals surface area contributed by atoms with Crippen LogP contribution in [0.4, 0.5) is 0 Å². The summed E-state index contributed by atoms with van der Waals surface area (Å²) >= 11 is 0. The molecule has 1 atom stereocenters. The largest absolute Gasteiger partial charge is 0.464 e. The minimum Gasteiger partial charge on any atom is -0.464 e. The van der Waals surface area contributed by atoms with E-state index in [1.165, 1.54) is 0 Å². The summed E-state index contributed by atoms with van der Waals surface area (Å²) in [4.78, 5) is 4.40. The molecule has 2 heterocycles. The first-order valence-corrected chi connectivity index (χ1v) is 6.83. The van der Waals surface area contributed by atoms with Gasteiger partial charge in [0.25, 0.3) is 0 Å². The predicted molar refractivity (Wildman–Crippen MR) is 74.4 cm³/mol. The maximum atomic E-state index is 5.75. The van der Waals surface area contributed by atoms with Gasteiger partial charge in [0.15, 0.2) is 0 Å². The maximum Gasteiger partial charge on any atom is 0.122 e. The maximum absolute atomic E-state index is 5.75. The fourth-order valence-corrected chi connectivity index (χ4v) is 2.17. The molecule has 0 aliphatic heterocycles. The second kappa shape index (κ2) is 6.54. The summed E-state index contributed by atoms with van der Waals surface area (Å²) in [6.07, 6.45) is 6.54. The first-order chi connectivity index (χ1) is 9.28. The van der Waals surface area contributed by atoms with E-state index in [2.05, 4.69) is 28.8 Å². The number of nitrogens with zero attached hydrogens (tertiary/aromatic N) is 2. The van der Waals surface area contributed by atoms with Crippen molar-refractivity contribution in [3.63, 3.8) is 0 Å². The second-order valence-corrected chi connectivity index (χ2v) is 4.62. The van der Waals surface area contributed by atoms with Crippen molar-refractivity contribution in [3.8, 4) is 0 Å². The molecule has 0 spiro atoms. The molecule has 0 fully saturated rings. The van der Waals surface area contributed by atoms with Crippen LogP contribution in [0.25, 0.3) is 0 Å². The standard InChI is InChI=1S/C14H22N4O/c1-3-8-18-9-7-16-14(18)10-12(17-15)13-6-5-11(4-2)19-13/h5-7,9,12,17H,3-4,8,10,15H2,1-2H3. The van der Waals surface area contributed by atoms with Gasteiger partial charge in [-0.2, -0.15) is 0 Å². The van der Waals surface area contributed by atoms with Gasteiger partial charge in [-0.3, -0.25) is 5.84 Å². The molecule has 0 amide bonds. The molecule has 104 valence electrons. The van der Waals surface area contributed by atoms with Gasteiger partial charge >= 0.3 is 0 Å². The van der Waals surface area contributed by atoms with Crippen LogP contribution < -0.4 is 11.3 Å². The Morgan fingerprint density at radius 2 is 2.26 bits per heavy atom. The zero-order valence-electron chi connectivity index (χ0n) is 11.6. The van der Waals surface area contributed by atoms with E-state index < -0.39 is 0 Å². The molecule has 0 radical (unpaired) electrons. The summed E-state index contributed by atoms with van der Waals surface area (Å²) in [6, 6.07) is 3.94. The quantitative estimate of drug-likeness (QED) is 0.593. The van der Waals surface area contributed by atoms with Crippen LogP contribution in [0.2, 0.25) is 0 Å². The first-order valence-electron chi connectivity index (χ1n) is 6.83. The van der Waals surface area contributed by atoms with Crippen molar-refractivity contribution in [2.75, 3.05) is 0 Å². The summed E-state index contributed by atoms with van der Waals surface area (Å²) in [6.45, 7) is 5.20. The van der Waals surface area contributed by atoms with Crippen LogP contribution in [0.5, 0.6) is 0 Å². The van der Waals surface area contributed by atoms with Gasteiger partial charge in [0.05, 0.1) is 6.04 Å². The van der Waals surface area contributed by atoms with Crippen molar-refractivity contribution in [1.29, 1.82) is 0 Å². The highest BCUT2D eigenvalue weighted by Crippen LogP contribution is 2.20. The third-order valence-corrected chi connectivity index (χ3v) is 3.23. The normalized spacial score (nSPS) is 12.8. The Labute approximate surface area is 113 Å². The molecule has 19 heavy (non-hydrogen) atoms. The molecule has 1 unspecified atom stereocenters. The van der Waals surface area contributed by atoms with Crippen LogP contribution in [0, 0.1) is 0 Å². The molecular formula is C14H22N4O. The molecule has 3 N–H and O–H groups in total. The Bertz CT molecular complexity index is 503. The zero-order valence-corrected chi connectivity index (χ0v) is 11.6. The number of imidazole rings is 1. The summed E-state index contributed by atoms with van der Waals surface area (Å²) < 4.78 is 7.92. The number of aryl methyl sites for hydroxylation is 2. The Kier molecular flexibility index (Phi) is 4.76. The fourth-order valence-electron chi connectivity index (χ4n) is 2.17. The summed E-state index contributed by atoms with van der Waals surface area (Å²) in [5.41, 5.74) is 2.82. The van der Waals surface area contributed by atoms with E-state index in [0.29, 0.717) is 0 Å². The van der Waals surface area contributed by atoms with E-state index in [0.717, 1.165) is 43.2 Å². The lowest BCUT2D eigenvalue weighted by atomic mass is 10.1. The second-order valence-electron chi connectivity index (χ2n) is 4.62. The molecule has 0 saturated heterocycles. The van der Waals surface area contributed by atoms with Crippen molar-refractivity contribution in [3.05, 3.63) is 41.9 Å². The van der Waals surface area contributed by atoms with Crippen LogP contribution >= 0.6 is 0 Å². The molecular weight excluding hydrogens is 240 g/mol. The molecule has 0 aliphatic carbocycles. The number of rotatable bonds is 7. The number of furan rings is 1. The van der Waals surface area contributed by atoms with E-state index in [1.807, 2.05) is 24.5 Å². The number of nitrogens with one attached hydrogen (secondary N) is 1. The van der Waals surface area contributed by atoms with E-state index in [9.17, 15) is 0 Å². The SMILES string of the molecule is CCCn1ccnc1CC(NN)c1ccc(CC)o1. The average molecular weight is 262 g/mol. The van der Waals surface area contributed by atoms with Gasteiger partial charge < -0.3 is 8.98 Å². The van der Waals surface area contributed by atoms with Crippen molar-refractivity contribution in [2.45, 2.75) is 45.7 Å². The van der Waals surface area contributed by atoms with E-state index in [-0.39, 0.29) is 6.04 Å². The summed E-state index contributed by atoms with van der Waals surface area (Å²) in [5, 5.41) is 0. The van der Waals surface area contributed by atoms with E-state index in [4.69, 9.17) is 10.3 Å². The topological polar surface area (TPSA) is 69.0 Å². The summed E-state index contributed by atoms with van der Waals surface area (Å²) in [7, 11) is 0. The third kappa shape index (κ3) is 3.24. The molecule has 5 heteroatoms. The lowest BCUT2D eigenvalue weighted by Gasteiger charge is -2.14. The highest BCUT2D eigenvalue weighted by molar-refractivity contribution is 5.12. The molecule has 0 aliphatic rings. The number of hydrazine groups is 1. The van der Waals surface area contributed by atoms with Gasteiger partial charge in [-0.15, -0.1) is 0 Å². The van der Waals surface area contributed by atoms with Crippen LogP contribution in [0.15, 0.2) is 28.9 Å². The molecule has 2 rings (SSSR count). The van der Waals surface area contributed by atoms with E-state index >= 15 is 0 Å². The Morgan fingerprint density at radius 3 is 2.89 bits per heavy atom. The lowest BCUT2D eigenvalue weighted by Crippen LogP contribution is -2.30. The minimum atomic E-state index is -0.0432. The zero-order chi connectivity index (χ0) is 13.7. The number of hydrogen-bond donors (Lipinski definition) is 2. The van der Waals surface area contributed by atoms with Gasteiger partial charge in [-0.1, -0.05) is 13.8 Å². The highest BCUT2D eigenvalue weighted by atomic mass is 16.3. The van der Waals surface area contributed by atoms with Crippen molar-refractivity contribution >= 4 is 0 Å². The van der Waals surface area contributed by atoms with Crippen molar-refractivity contribution in [2.24, 2.45) is 5.84 Å². The van der Waals surface area contributed by atoms with Crippen LogP contribution in [0.3, 0.4) is 0 Å². The van der Waals surface area contributed by atoms with Crippen LogP contribution in [0.1, 0.15) is 43.7 Å². The summed E-state index contributed by atoms with van der Waals surface area (Å²) in [5.74, 6) is 8.52. The van der Waals surface area contributed by atoms with Gasteiger partial charge in [-0.25, -0.2) is 10.4 Å². The van der Waals surface area contributed by atoms with Gasteiger partial charge in [0, 0.05) is 31.8 Å². The Hall–Kier alpha value is -1.59. The smallest absolute Gasteiger partial charge is 0.122 e. The molecule has 0 bridgehead atoms. The third-order valence-electron chi connectivity index (χ3n) is 3.23. The number of aromatic nitrogens is 2. The molecule has 5 nitrogen and oxygen atoms in total. The molecule has 0 saturated carbocycles. The van der Waals surface area contributed by atoms with E-state index in [1.54, 1.807) is 0 Å². The lowest BCUT2D eigenvalue weighted by molar-refractivity contribution is 0.389. The Balaban J connectivity index is 2.12. The van der Waals surface area contributed by atoms with Crippen molar-refractivity contribution in [1.82, 2.24) is 15.0 Å². The van der Waals surface area contributed by atoms with Crippen molar-refractivity contribution < 1.29 is 4.42 Å². The Morgan fingerprint density at radius 1 is 1.42 bits per heavy atom. The van der Waals surface area contributed by atoms with Gasteiger partial charge in [-0.05, 0) is 18.6 Å².